The first-order valence-electron chi connectivity index (χ1n) is 13.8. The predicted octanol–water partition coefficient (Wildman–Crippen LogP) is 5.68. The van der Waals surface area contributed by atoms with Crippen LogP contribution in [0.25, 0.3) is 22.0 Å². The summed E-state index contributed by atoms with van der Waals surface area (Å²) in [6.45, 7) is 1.91. The van der Waals surface area contributed by atoms with Crippen LogP contribution in [0.4, 0.5) is 19.1 Å². The quantitative estimate of drug-likeness (QED) is 0.257. The van der Waals surface area contributed by atoms with E-state index in [4.69, 9.17) is 10.7 Å². The summed E-state index contributed by atoms with van der Waals surface area (Å²) in [6, 6.07) is 13.9. The van der Waals surface area contributed by atoms with Crippen LogP contribution >= 0.6 is 0 Å². The molecule has 2 heterocycles. The number of rotatable bonds is 8. The lowest BCUT2D eigenvalue weighted by molar-refractivity contribution is -0.275. The zero-order chi connectivity index (χ0) is 30.8. The van der Waals surface area contributed by atoms with Crippen LogP contribution in [-0.4, -0.2) is 41.8 Å². The standard InChI is InChI=1S/C30H29F3N6O3S/c1-2-18-13-20(14-21-16-36-29(39-27(18)21)38-23-9-7-22(35)8-10-23)25-12-11-24(37-28(25)42-30(31,32)33)17-43(40,41)26-6-4-3-5-19(26)15-34/h3-6,11-14,16,22-23H,2,7-10,17,35H2,1H3,(H,36,38,39). The molecule has 2 aromatic carbocycles. The van der Waals surface area contributed by atoms with Crippen molar-refractivity contribution in [1.82, 2.24) is 15.0 Å². The molecular formula is C30H29F3N6O3S. The van der Waals surface area contributed by atoms with Gasteiger partial charge in [-0.2, -0.15) is 5.26 Å². The largest absolute Gasteiger partial charge is 0.574 e. The molecule has 0 atom stereocenters. The molecule has 224 valence electrons. The van der Waals surface area contributed by atoms with Gasteiger partial charge in [-0.25, -0.2) is 23.4 Å². The van der Waals surface area contributed by atoms with Crippen molar-refractivity contribution in [3.05, 3.63) is 71.5 Å². The summed E-state index contributed by atoms with van der Waals surface area (Å²) in [7, 11) is -4.10. The van der Waals surface area contributed by atoms with Crippen molar-refractivity contribution in [2.45, 2.75) is 68.1 Å². The third-order valence-corrected chi connectivity index (χ3v) is 9.07. The molecule has 1 aliphatic rings. The number of nitrogens with two attached hydrogens (primary N) is 1. The Bertz CT molecular complexity index is 1800. The van der Waals surface area contributed by atoms with E-state index in [1.54, 1.807) is 18.3 Å². The molecule has 0 aliphatic heterocycles. The van der Waals surface area contributed by atoms with E-state index in [9.17, 15) is 26.9 Å². The Morgan fingerprint density at radius 2 is 1.84 bits per heavy atom. The van der Waals surface area contributed by atoms with Crippen LogP contribution in [0.1, 0.15) is 49.4 Å². The second-order valence-corrected chi connectivity index (χ2v) is 12.4. The number of sulfone groups is 1. The Hall–Kier alpha value is -4.28. The highest BCUT2D eigenvalue weighted by atomic mass is 32.2. The Labute approximate surface area is 246 Å². The molecule has 43 heavy (non-hydrogen) atoms. The first kappa shape index (κ1) is 30.2. The lowest BCUT2D eigenvalue weighted by atomic mass is 9.92. The summed E-state index contributed by atoms with van der Waals surface area (Å²) in [5.74, 6) is -1.04. The van der Waals surface area contributed by atoms with Gasteiger partial charge in [-0.1, -0.05) is 19.1 Å². The number of ether oxygens (including phenoxy) is 1. The number of halogens is 3. The van der Waals surface area contributed by atoms with Crippen LogP contribution in [0.2, 0.25) is 0 Å². The van der Waals surface area contributed by atoms with Gasteiger partial charge in [-0.15, -0.1) is 13.2 Å². The first-order chi connectivity index (χ1) is 20.5. The second-order valence-electron chi connectivity index (χ2n) is 10.4. The number of hydrogen-bond acceptors (Lipinski definition) is 9. The molecule has 5 rings (SSSR count). The van der Waals surface area contributed by atoms with E-state index < -0.39 is 27.8 Å². The smallest absolute Gasteiger partial charge is 0.387 e. The summed E-state index contributed by atoms with van der Waals surface area (Å²) < 4.78 is 70.8. The van der Waals surface area contributed by atoms with Crippen LogP contribution in [0.15, 0.2) is 59.6 Å². The van der Waals surface area contributed by atoms with Crippen LogP contribution in [-0.2, 0) is 22.0 Å². The van der Waals surface area contributed by atoms with Crippen molar-refractivity contribution in [2.24, 2.45) is 5.73 Å². The zero-order valence-corrected chi connectivity index (χ0v) is 24.0. The number of nitrogens with one attached hydrogen (secondary N) is 1. The molecule has 1 fully saturated rings. The Balaban J connectivity index is 1.50. The molecule has 13 heteroatoms. The molecule has 9 nitrogen and oxygen atoms in total. The lowest BCUT2D eigenvalue weighted by Gasteiger charge is -2.26. The van der Waals surface area contributed by atoms with Crippen LogP contribution in [0.5, 0.6) is 5.88 Å². The molecule has 0 saturated heterocycles. The maximum absolute atomic E-state index is 13.5. The number of nitrogens with zero attached hydrogens (tertiary/aromatic N) is 4. The van der Waals surface area contributed by atoms with Gasteiger partial charge < -0.3 is 15.8 Å². The monoisotopic (exact) mass is 610 g/mol. The van der Waals surface area contributed by atoms with E-state index in [1.807, 2.05) is 13.0 Å². The third kappa shape index (κ3) is 7.03. The van der Waals surface area contributed by atoms with E-state index in [1.165, 1.54) is 36.4 Å². The van der Waals surface area contributed by atoms with E-state index in [0.717, 1.165) is 31.2 Å². The van der Waals surface area contributed by atoms with Gasteiger partial charge in [0.2, 0.25) is 11.8 Å². The van der Waals surface area contributed by atoms with Crippen molar-refractivity contribution < 1.29 is 26.3 Å². The number of aryl methyl sites for hydroxylation is 1. The summed E-state index contributed by atoms with van der Waals surface area (Å²) in [5.41, 5.74) is 7.61. The number of anilines is 1. The van der Waals surface area contributed by atoms with Gasteiger partial charge in [0.15, 0.2) is 9.84 Å². The molecule has 1 saturated carbocycles. The van der Waals surface area contributed by atoms with Gasteiger partial charge >= 0.3 is 6.36 Å². The first-order valence-corrected chi connectivity index (χ1v) is 15.4. The fraction of sp³-hybridized carbons (Fsp3) is 0.333. The number of nitriles is 1. The molecule has 3 N–H and O–H groups in total. The maximum atomic E-state index is 13.5. The molecule has 4 aromatic rings. The average molecular weight is 611 g/mol. The van der Waals surface area contributed by atoms with Gasteiger partial charge in [0.05, 0.1) is 27.4 Å². The van der Waals surface area contributed by atoms with Gasteiger partial charge in [0.1, 0.15) is 6.07 Å². The summed E-state index contributed by atoms with van der Waals surface area (Å²) in [5, 5.41) is 13.3. The SMILES string of the molecule is CCc1cc(-c2ccc(CS(=O)(=O)c3ccccc3C#N)nc2OC(F)(F)F)cc2cnc(NC3CCC(N)CC3)nc12. The number of pyridine rings is 1. The van der Waals surface area contributed by atoms with Crippen molar-refractivity contribution in [1.29, 1.82) is 5.26 Å². The van der Waals surface area contributed by atoms with Gasteiger partial charge in [0, 0.05) is 29.2 Å². The number of aromatic nitrogens is 3. The highest BCUT2D eigenvalue weighted by Gasteiger charge is 2.34. The minimum atomic E-state index is -5.08. The molecule has 2 aromatic heterocycles. The number of alkyl halides is 3. The molecule has 1 aliphatic carbocycles. The average Bonchev–Trinajstić information content (AvgIpc) is 2.97. The molecule has 0 bridgehead atoms. The van der Waals surface area contributed by atoms with Crippen LogP contribution < -0.4 is 15.8 Å². The Kier molecular flexibility index (Phi) is 8.52. The summed E-state index contributed by atoms with van der Waals surface area (Å²) in [4.78, 5) is 12.9. The van der Waals surface area contributed by atoms with Gasteiger partial charge in [0.25, 0.3) is 0 Å². The van der Waals surface area contributed by atoms with Crippen LogP contribution in [0, 0.1) is 11.3 Å². The van der Waals surface area contributed by atoms with Crippen molar-refractivity contribution >= 4 is 26.7 Å². The van der Waals surface area contributed by atoms with Crippen molar-refractivity contribution in [3.63, 3.8) is 0 Å². The van der Waals surface area contributed by atoms with E-state index in [2.05, 4.69) is 20.0 Å². The van der Waals surface area contributed by atoms with E-state index in [0.29, 0.717) is 28.8 Å². The second kappa shape index (κ2) is 12.1. The normalized spacial score (nSPS) is 17.4. The third-order valence-electron chi connectivity index (χ3n) is 7.37. The Morgan fingerprint density at radius 3 is 2.53 bits per heavy atom. The van der Waals surface area contributed by atoms with Gasteiger partial charge in [-0.3, -0.25) is 0 Å². The van der Waals surface area contributed by atoms with E-state index >= 15 is 0 Å². The highest BCUT2D eigenvalue weighted by molar-refractivity contribution is 7.90. The molecule has 0 radical (unpaired) electrons. The van der Waals surface area contributed by atoms with Crippen LogP contribution in [0.3, 0.4) is 0 Å². The number of hydrogen-bond donors (Lipinski definition) is 2. The highest BCUT2D eigenvalue weighted by Crippen LogP contribution is 2.36. The lowest BCUT2D eigenvalue weighted by Crippen LogP contribution is -2.33. The molecule has 0 amide bonds. The number of fused-ring (bicyclic) bond motifs is 1. The van der Waals surface area contributed by atoms with E-state index in [-0.39, 0.29) is 33.8 Å². The maximum Gasteiger partial charge on any atom is 0.574 e. The molecule has 0 unspecified atom stereocenters. The van der Waals surface area contributed by atoms with Crippen molar-refractivity contribution in [3.8, 4) is 23.1 Å². The molecule has 0 spiro atoms. The fourth-order valence-electron chi connectivity index (χ4n) is 5.23. The minimum Gasteiger partial charge on any atom is -0.387 e. The van der Waals surface area contributed by atoms with Gasteiger partial charge in [-0.05, 0) is 79.6 Å². The predicted molar refractivity (Wildman–Crippen MR) is 155 cm³/mol. The summed E-state index contributed by atoms with van der Waals surface area (Å²) in [6.07, 6.45) is 0.748. The fourth-order valence-corrected chi connectivity index (χ4v) is 6.67. The number of benzene rings is 2. The van der Waals surface area contributed by atoms with Crippen molar-refractivity contribution in [2.75, 3.05) is 5.32 Å². The summed E-state index contributed by atoms with van der Waals surface area (Å²) >= 11 is 0. The molecular weight excluding hydrogens is 581 g/mol. The minimum absolute atomic E-state index is 0.0215. The Morgan fingerprint density at radius 1 is 1.09 bits per heavy atom. The zero-order valence-electron chi connectivity index (χ0n) is 23.2. The topological polar surface area (TPSA) is 144 Å².